The average Bonchev–Trinajstić information content (AvgIpc) is 3.19. The maximum Gasteiger partial charge on any atom is 0.251 e. The molecule has 0 radical (unpaired) electrons. The van der Waals surface area contributed by atoms with Gasteiger partial charge in [-0.2, -0.15) is 0 Å². The van der Waals surface area contributed by atoms with Gasteiger partial charge in [0.15, 0.2) is 0 Å². The van der Waals surface area contributed by atoms with Crippen molar-refractivity contribution < 1.29 is 9.69 Å². The lowest BCUT2D eigenvalue weighted by atomic mass is 10.0. The van der Waals surface area contributed by atoms with E-state index in [2.05, 4.69) is 62.4 Å². The first-order valence-corrected chi connectivity index (χ1v) is 9.93. The predicted molar refractivity (Wildman–Crippen MR) is 112 cm³/mol. The molecule has 2 aromatic carbocycles. The van der Waals surface area contributed by atoms with Gasteiger partial charge in [-0.15, -0.1) is 0 Å². The van der Waals surface area contributed by atoms with Crippen LogP contribution in [0.15, 0.2) is 42.5 Å². The van der Waals surface area contributed by atoms with Crippen molar-refractivity contribution >= 4 is 11.6 Å². The van der Waals surface area contributed by atoms with Crippen LogP contribution in [-0.2, 0) is 0 Å². The second-order valence-electron chi connectivity index (χ2n) is 7.91. The Hall–Kier alpha value is -2.33. The first-order valence-electron chi connectivity index (χ1n) is 9.93. The summed E-state index contributed by atoms with van der Waals surface area (Å²) in [6.45, 7) is 7.15. The number of anilines is 1. The Kier molecular flexibility index (Phi) is 6.17. The lowest BCUT2D eigenvalue weighted by Gasteiger charge is -2.26. The maximum atomic E-state index is 12.7. The standard InChI is InChI=1S/C23H31N3O/c1-17-7-8-20(15-18(17)2)23(27)24-16-22(26-13-5-6-14-26)19-9-11-21(12-10-19)25(3)4/h7-12,15,22H,5-6,13-14,16H2,1-4H3,(H,24,27)/p+1/t22-/m0/s1. The van der Waals surface area contributed by atoms with Crippen LogP contribution in [0.3, 0.4) is 0 Å². The van der Waals surface area contributed by atoms with E-state index in [4.69, 9.17) is 0 Å². The van der Waals surface area contributed by atoms with Gasteiger partial charge >= 0.3 is 0 Å². The SMILES string of the molecule is Cc1ccc(C(=O)NC[C@@H](c2ccc(N(C)C)cc2)[NH+]2CCCC2)cc1C. The molecule has 1 aliphatic heterocycles. The normalized spacial score (nSPS) is 15.6. The van der Waals surface area contributed by atoms with E-state index in [1.165, 1.54) is 42.7 Å². The topological polar surface area (TPSA) is 36.8 Å². The molecule has 2 aromatic rings. The minimum absolute atomic E-state index is 0.0200. The fourth-order valence-corrected chi connectivity index (χ4v) is 3.86. The van der Waals surface area contributed by atoms with Crippen LogP contribution < -0.4 is 15.1 Å². The summed E-state index contributed by atoms with van der Waals surface area (Å²) >= 11 is 0. The Morgan fingerprint density at radius 2 is 1.70 bits per heavy atom. The molecule has 1 amide bonds. The van der Waals surface area contributed by atoms with Crippen LogP contribution in [0.1, 0.15) is 45.9 Å². The zero-order valence-electron chi connectivity index (χ0n) is 17.0. The fraction of sp³-hybridized carbons (Fsp3) is 0.435. The number of carbonyl (C=O) groups excluding carboxylic acids is 1. The Morgan fingerprint density at radius 3 is 2.30 bits per heavy atom. The van der Waals surface area contributed by atoms with Crippen LogP contribution >= 0.6 is 0 Å². The highest BCUT2D eigenvalue weighted by atomic mass is 16.1. The molecule has 2 N–H and O–H groups in total. The highest BCUT2D eigenvalue weighted by molar-refractivity contribution is 5.94. The lowest BCUT2D eigenvalue weighted by Crippen LogP contribution is -3.11. The summed E-state index contributed by atoms with van der Waals surface area (Å²) in [4.78, 5) is 16.4. The van der Waals surface area contributed by atoms with Crippen molar-refractivity contribution in [3.8, 4) is 0 Å². The number of amides is 1. The van der Waals surface area contributed by atoms with Gasteiger partial charge in [0, 0.05) is 43.8 Å². The number of benzene rings is 2. The summed E-state index contributed by atoms with van der Waals surface area (Å²) in [5.41, 5.74) is 5.62. The van der Waals surface area contributed by atoms with Crippen LogP contribution in [0, 0.1) is 13.8 Å². The highest BCUT2D eigenvalue weighted by Crippen LogP contribution is 2.17. The van der Waals surface area contributed by atoms with Crippen LogP contribution in [0.25, 0.3) is 0 Å². The van der Waals surface area contributed by atoms with Crippen molar-refractivity contribution in [1.29, 1.82) is 0 Å². The summed E-state index contributed by atoms with van der Waals surface area (Å²) in [7, 11) is 4.12. The van der Waals surface area contributed by atoms with E-state index in [0.29, 0.717) is 12.6 Å². The monoisotopic (exact) mass is 366 g/mol. The molecule has 1 aliphatic rings. The smallest absolute Gasteiger partial charge is 0.251 e. The molecule has 1 heterocycles. The second kappa shape index (κ2) is 8.57. The molecule has 4 heteroatoms. The number of nitrogens with zero attached hydrogens (tertiary/aromatic N) is 1. The van der Waals surface area contributed by atoms with Crippen LogP contribution in [0.2, 0.25) is 0 Å². The van der Waals surface area contributed by atoms with E-state index < -0.39 is 0 Å². The molecular formula is C23H32N3O+. The van der Waals surface area contributed by atoms with Gasteiger partial charge in [0.1, 0.15) is 6.04 Å². The van der Waals surface area contributed by atoms with E-state index in [-0.39, 0.29) is 5.91 Å². The molecule has 1 fully saturated rings. The number of hydrogen-bond donors (Lipinski definition) is 2. The molecule has 0 spiro atoms. The van der Waals surface area contributed by atoms with Gasteiger partial charge in [-0.1, -0.05) is 18.2 Å². The minimum atomic E-state index is 0.0200. The quantitative estimate of drug-likeness (QED) is 0.824. The van der Waals surface area contributed by atoms with Crippen LogP contribution in [0.4, 0.5) is 5.69 Å². The predicted octanol–water partition coefficient (Wildman–Crippen LogP) is 2.52. The first kappa shape index (κ1) is 19.4. The number of nitrogens with one attached hydrogen (secondary N) is 2. The highest BCUT2D eigenvalue weighted by Gasteiger charge is 2.28. The van der Waals surface area contributed by atoms with Gasteiger partial charge in [0.05, 0.1) is 19.6 Å². The molecule has 0 aliphatic carbocycles. The third kappa shape index (κ3) is 4.69. The van der Waals surface area contributed by atoms with E-state index in [1.807, 2.05) is 18.2 Å². The third-order valence-corrected chi connectivity index (χ3v) is 5.79. The Bertz CT molecular complexity index is 777. The van der Waals surface area contributed by atoms with E-state index >= 15 is 0 Å². The van der Waals surface area contributed by atoms with E-state index in [0.717, 1.165) is 11.1 Å². The Morgan fingerprint density at radius 1 is 1.04 bits per heavy atom. The number of hydrogen-bond acceptors (Lipinski definition) is 2. The molecule has 0 unspecified atom stereocenters. The van der Waals surface area contributed by atoms with Crippen molar-refractivity contribution in [1.82, 2.24) is 5.32 Å². The zero-order valence-corrected chi connectivity index (χ0v) is 17.0. The van der Waals surface area contributed by atoms with Crippen molar-refractivity contribution in [3.63, 3.8) is 0 Å². The van der Waals surface area contributed by atoms with Crippen molar-refractivity contribution in [2.24, 2.45) is 0 Å². The molecule has 0 bridgehead atoms. The van der Waals surface area contributed by atoms with Gasteiger partial charge in [-0.3, -0.25) is 4.79 Å². The molecule has 3 rings (SSSR count). The Labute approximate surface area is 163 Å². The molecule has 1 saturated heterocycles. The first-order chi connectivity index (χ1) is 13.0. The molecule has 0 saturated carbocycles. The molecular weight excluding hydrogens is 334 g/mol. The molecule has 144 valence electrons. The van der Waals surface area contributed by atoms with Gasteiger partial charge < -0.3 is 15.1 Å². The van der Waals surface area contributed by atoms with Crippen molar-refractivity contribution in [2.45, 2.75) is 32.7 Å². The second-order valence-corrected chi connectivity index (χ2v) is 7.91. The van der Waals surface area contributed by atoms with Gasteiger partial charge in [0.25, 0.3) is 5.91 Å². The minimum Gasteiger partial charge on any atom is -0.378 e. The Balaban J connectivity index is 1.73. The number of aryl methyl sites for hydroxylation is 2. The lowest BCUT2D eigenvalue weighted by molar-refractivity contribution is -0.918. The van der Waals surface area contributed by atoms with Gasteiger partial charge in [-0.25, -0.2) is 0 Å². The third-order valence-electron chi connectivity index (χ3n) is 5.79. The summed E-state index contributed by atoms with van der Waals surface area (Å²) in [5, 5.41) is 3.19. The van der Waals surface area contributed by atoms with Crippen LogP contribution in [-0.4, -0.2) is 39.6 Å². The number of rotatable bonds is 6. The van der Waals surface area contributed by atoms with E-state index in [9.17, 15) is 4.79 Å². The molecule has 4 nitrogen and oxygen atoms in total. The summed E-state index contributed by atoms with van der Waals surface area (Å²) in [5.74, 6) is 0.0200. The molecule has 27 heavy (non-hydrogen) atoms. The van der Waals surface area contributed by atoms with E-state index in [1.54, 1.807) is 4.90 Å². The zero-order chi connectivity index (χ0) is 19.4. The number of likely N-dealkylation sites (tertiary alicyclic amines) is 1. The van der Waals surface area contributed by atoms with Crippen molar-refractivity contribution in [2.75, 3.05) is 38.6 Å². The fourth-order valence-electron chi connectivity index (χ4n) is 3.86. The average molecular weight is 367 g/mol. The van der Waals surface area contributed by atoms with Gasteiger partial charge in [-0.05, 0) is 49.2 Å². The largest absolute Gasteiger partial charge is 0.378 e. The number of quaternary nitrogens is 1. The van der Waals surface area contributed by atoms with Crippen LogP contribution in [0.5, 0.6) is 0 Å². The van der Waals surface area contributed by atoms with Gasteiger partial charge in [0.2, 0.25) is 0 Å². The summed E-state index contributed by atoms with van der Waals surface area (Å²) < 4.78 is 0. The van der Waals surface area contributed by atoms with Crippen molar-refractivity contribution in [3.05, 3.63) is 64.7 Å². The molecule has 1 atom stereocenters. The maximum absolute atomic E-state index is 12.7. The molecule has 0 aromatic heterocycles. The summed E-state index contributed by atoms with van der Waals surface area (Å²) in [6, 6.07) is 15.0. The summed E-state index contributed by atoms with van der Waals surface area (Å²) in [6.07, 6.45) is 2.54. The number of carbonyl (C=O) groups is 1.